The van der Waals surface area contributed by atoms with E-state index in [-0.39, 0.29) is 12.5 Å². The Bertz CT molecular complexity index is 814. The monoisotopic (exact) mass is 380 g/mol. The number of imidazole rings is 1. The summed E-state index contributed by atoms with van der Waals surface area (Å²) in [7, 11) is 0. The lowest BCUT2D eigenvalue weighted by molar-refractivity contribution is -0.137. The molecule has 0 spiro atoms. The fourth-order valence-electron chi connectivity index (χ4n) is 3.21. The molecule has 27 heavy (non-hydrogen) atoms. The van der Waals surface area contributed by atoms with Gasteiger partial charge < -0.3 is 9.88 Å². The summed E-state index contributed by atoms with van der Waals surface area (Å²) in [6.07, 6.45) is -2.69. The maximum atomic E-state index is 12.8. The van der Waals surface area contributed by atoms with E-state index in [0.29, 0.717) is 23.7 Å². The lowest BCUT2D eigenvalue weighted by Gasteiger charge is -2.28. The van der Waals surface area contributed by atoms with Gasteiger partial charge in [0.1, 0.15) is 11.5 Å². The highest BCUT2D eigenvalue weighted by atomic mass is 19.4. The first-order valence-electron chi connectivity index (χ1n) is 8.95. The molecule has 0 unspecified atom stereocenters. The van der Waals surface area contributed by atoms with Crippen molar-refractivity contribution in [1.82, 2.24) is 19.8 Å². The molecule has 8 heteroatoms. The number of nitrogens with zero attached hydrogens (tertiary/aromatic N) is 3. The normalized spacial score (nSPS) is 15.0. The van der Waals surface area contributed by atoms with E-state index in [1.807, 2.05) is 4.57 Å². The fraction of sp³-hybridized carbons (Fsp3) is 0.474. The van der Waals surface area contributed by atoms with Gasteiger partial charge in [0, 0.05) is 32.4 Å². The van der Waals surface area contributed by atoms with Crippen molar-refractivity contribution in [3.8, 4) is 0 Å². The first-order valence-corrected chi connectivity index (χ1v) is 8.95. The molecule has 1 aromatic heterocycles. The van der Waals surface area contributed by atoms with E-state index in [0.717, 1.165) is 37.6 Å². The Morgan fingerprint density at radius 1 is 1.30 bits per heavy atom. The van der Waals surface area contributed by atoms with Gasteiger partial charge in [-0.1, -0.05) is 26.0 Å². The van der Waals surface area contributed by atoms with Crippen molar-refractivity contribution < 1.29 is 18.0 Å². The van der Waals surface area contributed by atoms with Crippen LogP contribution in [0.1, 0.15) is 41.3 Å². The van der Waals surface area contributed by atoms with Crippen LogP contribution in [-0.4, -0.2) is 33.4 Å². The molecule has 5 nitrogen and oxygen atoms in total. The quantitative estimate of drug-likeness (QED) is 0.866. The summed E-state index contributed by atoms with van der Waals surface area (Å²) < 4.78 is 40.3. The number of nitrogens with one attached hydrogen (secondary N) is 1. The first kappa shape index (κ1) is 19.4. The van der Waals surface area contributed by atoms with E-state index >= 15 is 0 Å². The molecule has 0 aliphatic carbocycles. The molecule has 1 aliphatic rings. The van der Waals surface area contributed by atoms with Gasteiger partial charge in [-0.05, 0) is 23.6 Å². The fourth-order valence-corrected chi connectivity index (χ4v) is 3.21. The summed E-state index contributed by atoms with van der Waals surface area (Å²) in [6, 6.07) is 4.94. The average molecular weight is 380 g/mol. The minimum absolute atomic E-state index is 0.0183. The maximum absolute atomic E-state index is 12.8. The smallest absolute Gasteiger partial charge is 0.347 e. The number of fused-ring (bicyclic) bond motifs is 1. The Labute approximate surface area is 156 Å². The van der Waals surface area contributed by atoms with E-state index in [4.69, 9.17) is 0 Å². The summed E-state index contributed by atoms with van der Waals surface area (Å²) in [5, 5.41) is 2.65. The molecule has 2 aromatic rings. The van der Waals surface area contributed by atoms with Gasteiger partial charge >= 0.3 is 6.18 Å². The largest absolute Gasteiger partial charge is 0.416 e. The lowest BCUT2D eigenvalue weighted by Crippen LogP contribution is -2.35. The van der Waals surface area contributed by atoms with Gasteiger partial charge in [0.15, 0.2) is 0 Å². The molecule has 1 N–H and O–H groups in total. The number of benzene rings is 1. The van der Waals surface area contributed by atoms with Crippen LogP contribution in [0, 0.1) is 5.92 Å². The van der Waals surface area contributed by atoms with E-state index in [9.17, 15) is 18.0 Å². The highest BCUT2D eigenvalue weighted by Gasteiger charge is 2.30. The van der Waals surface area contributed by atoms with Crippen LogP contribution in [0.5, 0.6) is 0 Å². The number of halogens is 3. The van der Waals surface area contributed by atoms with Crippen LogP contribution in [0.25, 0.3) is 0 Å². The maximum Gasteiger partial charge on any atom is 0.416 e. The van der Waals surface area contributed by atoms with Crippen LogP contribution in [0.4, 0.5) is 13.2 Å². The van der Waals surface area contributed by atoms with Crippen LogP contribution in [0.2, 0.25) is 0 Å². The summed E-state index contributed by atoms with van der Waals surface area (Å²) in [5.41, 5.74) is -0.0365. The van der Waals surface area contributed by atoms with E-state index < -0.39 is 11.7 Å². The molecule has 1 amide bonds. The molecule has 2 heterocycles. The van der Waals surface area contributed by atoms with Gasteiger partial charge in [-0.25, -0.2) is 4.98 Å². The molecule has 0 radical (unpaired) electrons. The summed E-state index contributed by atoms with van der Waals surface area (Å²) in [4.78, 5) is 19.1. The standard InChI is InChI=1S/C19H23F3N4O/c1-13(2)10-25-6-7-26-11-16(24-17(26)12-25)18(27)23-9-14-4-3-5-15(8-14)19(20,21)22/h3-5,8,11,13H,6-7,9-10,12H2,1-2H3,(H,23,27). The Kier molecular flexibility index (Phi) is 5.55. The Morgan fingerprint density at radius 3 is 2.78 bits per heavy atom. The number of aromatic nitrogens is 2. The Morgan fingerprint density at radius 2 is 2.07 bits per heavy atom. The molecular weight excluding hydrogens is 357 g/mol. The van der Waals surface area contributed by atoms with E-state index in [1.165, 1.54) is 6.07 Å². The van der Waals surface area contributed by atoms with Crippen molar-refractivity contribution in [2.24, 2.45) is 5.92 Å². The number of amides is 1. The summed E-state index contributed by atoms with van der Waals surface area (Å²) in [6.45, 7) is 7.69. The van der Waals surface area contributed by atoms with Crippen LogP contribution in [0.3, 0.4) is 0 Å². The minimum Gasteiger partial charge on any atom is -0.347 e. The second-order valence-electron chi connectivity index (χ2n) is 7.25. The molecule has 0 saturated heterocycles. The topological polar surface area (TPSA) is 50.2 Å². The summed E-state index contributed by atoms with van der Waals surface area (Å²) in [5.74, 6) is 1.01. The van der Waals surface area contributed by atoms with Crippen molar-refractivity contribution in [3.05, 3.63) is 53.1 Å². The zero-order valence-electron chi connectivity index (χ0n) is 15.4. The highest BCUT2D eigenvalue weighted by Crippen LogP contribution is 2.29. The van der Waals surface area contributed by atoms with Crippen molar-refractivity contribution in [2.75, 3.05) is 13.1 Å². The second kappa shape index (κ2) is 7.72. The van der Waals surface area contributed by atoms with E-state index in [2.05, 4.69) is 29.0 Å². The Balaban J connectivity index is 1.62. The third-order valence-electron chi connectivity index (χ3n) is 4.44. The van der Waals surface area contributed by atoms with Gasteiger partial charge in [-0.3, -0.25) is 9.69 Å². The van der Waals surface area contributed by atoms with E-state index in [1.54, 1.807) is 12.3 Å². The van der Waals surface area contributed by atoms with Crippen molar-refractivity contribution in [2.45, 2.75) is 39.7 Å². The summed E-state index contributed by atoms with van der Waals surface area (Å²) >= 11 is 0. The molecule has 3 rings (SSSR count). The van der Waals surface area contributed by atoms with Gasteiger partial charge in [0.25, 0.3) is 5.91 Å². The molecule has 0 saturated carbocycles. The molecule has 1 aromatic carbocycles. The lowest BCUT2D eigenvalue weighted by atomic mass is 10.1. The van der Waals surface area contributed by atoms with Crippen molar-refractivity contribution in [3.63, 3.8) is 0 Å². The predicted octanol–water partition coefficient (Wildman–Crippen LogP) is 3.30. The van der Waals surface area contributed by atoms with Crippen molar-refractivity contribution in [1.29, 1.82) is 0 Å². The number of alkyl halides is 3. The third kappa shape index (κ3) is 4.88. The highest BCUT2D eigenvalue weighted by molar-refractivity contribution is 5.92. The molecule has 146 valence electrons. The third-order valence-corrected chi connectivity index (χ3v) is 4.44. The molecule has 0 atom stereocenters. The minimum atomic E-state index is -4.40. The number of hydrogen-bond acceptors (Lipinski definition) is 3. The van der Waals surface area contributed by atoms with Crippen LogP contribution in [-0.2, 0) is 25.8 Å². The van der Waals surface area contributed by atoms with Crippen LogP contribution >= 0.6 is 0 Å². The number of carbonyl (C=O) groups is 1. The zero-order chi connectivity index (χ0) is 19.6. The van der Waals surface area contributed by atoms with Gasteiger partial charge in [0.05, 0.1) is 12.1 Å². The number of carbonyl (C=O) groups excluding carboxylic acids is 1. The number of rotatable bonds is 5. The molecular formula is C19H23F3N4O. The average Bonchev–Trinajstić information content (AvgIpc) is 3.02. The molecule has 0 fully saturated rings. The second-order valence-corrected chi connectivity index (χ2v) is 7.25. The number of hydrogen-bond donors (Lipinski definition) is 1. The SMILES string of the molecule is CC(C)CN1CCn2cc(C(=O)NCc3cccc(C(F)(F)F)c3)nc2C1. The first-order chi connectivity index (χ1) is 12.7. The Hall–Kier alpha value is -2.35. The van der Waals surface area contributed by atoms with Crippen molar-refractivity contribution >= 4 is 5.91 Å². The van der Waals surface area contributed by atoms with Crippen LogP contribution < -0.4 is 5.32 Å². The van der Waals surface area contributed by atoms with Crippen LogP contribution in [0.15, 0.2) is 30.5 Å². The zero-order valence-corrected chi connectivity index (χ0v) is 15.4. The molecule has 0 bridgehead atoms. The predicted molar refractivity (Wildman–Crippen MR) is 95.0 cm³/mol. The molecule has 1 aliphatic heterocycles. The van der Waals surface area contributed by atoms with Gasteiger partial charge in [-0.2, -0.15) is 13.2 Å². The van der Waals surface area contributed by atoms with Gasteiger partial charge in [0.2, 0.25) is 0 Å². The van der Waals surface area contributed by atoms with Gasteiger partial charge in [-0.15, -0.1) is 0 Å².